The summed E-state index contributed by atoms with van der Waals surface area (Å²) in [5.41, 5.74) is 0.585. The Morgan fingerprint density at radius 1 is 1.21 bits per heavy atom. The maximum atomic E-state index is 12.1. The van der Waals surface area contributed by atoms with Gasteiger partial charge in [0.15, 0.2) is 17.3 Å². The molecule has 4 nitrogen and oxygen atoms in total. The highest BCUT2D eigenvalue weighted by molar-refractivity contribution is 5.98. The molecule has 104 valence electrons. The van der Waals surface area contributed by atoms with Crippen LogP contribution in [0.1, 0.15) is 37.6 Å². The van der Waals surface area contributed by atoms with E-state index in [9.17, 15) is 4.79 Å². The number of fused-ring (bicyclic) bond motifs is 1. The van der Waals surface area contributed by atoms with Gasteiger partial charge in [0.25, 0.3) is 0 Å². The lowest BCUT2D eigenvalue weighted by atomic mass is 10.1. The second kappa shape index (κ2) is 5.61. The fourth-order valence-corrected chi connectivity index (χ4v) is 1.78. The first kappa shape index (κ1) is 13.9. The van der Waals surface area contributed by atoms with E-state index in [1.807, 2.05) is 26.8 Å². The first-order valence-electron chi connectivity index (χ1n) is 6.63. The maximum absolute atomic E-state index is 12.1. The van der Waals surface area contributed by atoms with Crippen molar-refractivity contribution in [3.05, 3.63) is 23.8 Å². The lowest BCUT2D eigenvalue weighted by Gasteiger charge is -2.20. The Kier molecular flexibility index (Phi) is 4.10. The lowest BCUT2D eigenvalue weighted by molar-refractivity contribution is 0.0981. The molecule has 1 aromatic rings. The average molecular weight is 263 g/mol. The summed E-state index contributed by atoms with van der Waals surface area (Å²) in [5, 5.41) is 3.19. The van der Waals surface area contributed by atoms with Crippen molar-refractivity contribution in [1.82, 2.24) is 5.32 Å². The molecule has 0 radical (unpaired) electrons. The molecule has 0 unspecified atom stereocenters. The predicted octanol–water partition coefficient (Wildman–Crippen LogP) is 2.42. The molecule has 1 aromatic carbocycles. The molecule has 0 aromatic heterocycles. The fourth-order valence-electron chi connectivity index (χ4n) is 1.78. The van der Waals surface area contributed by atoms with Crippen molar-refractivity contribution in [2.45, 2.75) is 32.7 Å². The molecular weight excluding hydrogens is 242 g/mol. The summed E-state index contributed by atoms with van der Waals surface area (Å²) < 4.78 is 11.1. The van der Waals surface area contributed by atoms with Crippen molar-refractivity contribution in [2.75, 3.05) is 19.8 Å². The Labute approximate surface area is 114 Å². The normalized spacial score (nSPS) is 14.9. The molecule has 1 aliphatic rings. The third-order valence-electron chi connectivity index (χ3n) is 2.85. The van der Waals surface area contributed by atoms with Crippen LogP contribution in [0.4, 0.5) is 0 Å². The second-order valence-electron chi connectivity index (χ2n) is 5.74. The minimum Gasteiger partial charge on any atom is -0.490 e. The monoisotopic (exact) mass is 263 g/mol. The molecule has 0 bridgehead atoms. The van der Waals surface area contributed by atoms with Gasteiger partial charge in [-0.15, -0.1) is 0 Å². The van der Waals surface area contributed by atoms with Crippen LogP contribution >= 0.6 is 0 Å². The van der Waals surface area contributed by atoms with Crippen molar-refractivity contribution in [2.24, 2.45) is 0 Å². The van der Waals surface area contributed by atoms with Crippen molar-refractivity contribution in [3.8, 4) is 11.5 Å². The van der Waals surface area contributed by atoms with E-state index in [4.69, 9.17) is 9.47 Å². The Morgan fingerprint density at radius 3 is 2.58 bits per heavy atom. The molecule has 1 aliphatic heterocycles. The van der Waals surface area contributed by atoms with Crippen LogP contribution in [0.25, 0.3) is 0 Å². The van der Waals surface area contributed by atoms with E-state index in [1.54, 1.807) is 12.1 Å². The van der Waals surface area contributed by atoms with Crippen LogP contribution in [0, 0.1) is 0 Å². The van der Waals surface area contributed by atoms with Crippen LogP contribution in [0.5, 0.6) is 11.5 Å². The molecule has 1 N–H and O–H groups in total. The number of ketones is 1. The van der Waals surface area contributed by atoms with Gasteiger partial charge in [-0.1, -0.05) is 0 Å². The predicted molar refractivity (Wildman–Crippen MR) is 74.1 cm³/mol. The summed E-state index contributed by atoms with van der Waals surface area (Å²) in [4.78, 5) is 12.1. The van der Waals surface area contributed by atoms with Crippen molar-refractivity contribution in [1.29, 1.82) is 0 Å². The quantitative estimate of drug-likeness (QED) is 0.851. The second-order valence-corrected chi connectivity index (χ2v) is 5.74. The molecule has 19 heavy (non-hydrogen) atoms. The molecular formula is C15H21NO3. The zero-order chi connectivity index (χ0) is 13.9. The molecule has 0 saturated carbocycles. The third-order valence-corrected chi connectivity index (χ3v) is 2.85. The van der Waals surface area contributed by atoms with Gasteiger partial charge in [-0.25, -0.2) is 0 Å². The highest BCUT2D eigenvalue weighted by Crippen LogP contribution is 2.30. The molecule has 1 heterocycles. The van der Waals surface area contributed by atoms with E-state index in [0.717, 1.165) is 12.2 Å². The largest absolute Gasteiger partial charge is 0.490 e. The van der Waals surface area contributed by atoms with E-state index in [0.29, 0.717) is 31.1 Å². The number of Topliss-reactive ketones (excluding diaryl/α,β-unsaturated/α-hetero) is 1. The van der Waals surface area contributed by atoms with E-state index in [-0.39, 0.29) is 11.3 Å². The van der Waals surface area contributed by atoms with E-state index in [2.05, 4.69) is 5.32 Å². The van der Waals surface area contributed by atoms with Crippen molar-refractivity contribution >= 4 is 5.78 Å². The Bertz CT molecular complexity index is 463. The van der Waals surface area contributed by atoms with E-state index < -0.39 is 0 Å². The number of rotatable bonds is 3. The molecule has 0 amide bonds. The minimum absolute atomic E-state index is 0.0607. The highest BCUT2D eigenvalue weighted by atomic mass is 16.5. The van der Waals surface area contributed by atoms with Crippen molar-refractivity contribution < 1.29 is 14.3 Å². The van der Waals surface area contributed by atoms with Crippen LogP contribution in [-0.4, -0.2) is 31.1 Å². The number of nitrogens with one attached hydrogen (secondary N) is 1. The van der Waals surface area contributed by atoms with Gasteiger partial charge < -0.3 is 14.8 Å². The average Bonchev–Trinajstić information content (AvgIpc) is 2.59. The van der Waals surface area contributed by atoms with E-state index in [1.165, 1.54) is 0 Å². The Balaban J connectivity index is 2.08. The zero-order valence-corrected chi connectivity index (χ0v) is 11.8. The smallest absolute Gasteiger partial charge is 0.176 e. The third kappa shape index (κ3) is 3.96. The molecule has 0 fully saturated rings. The minimum atomic E-state index is -0.0685. The number of benzene rings is 1. The molecule has 0 aliphatic carbocycles. The molecule has 0 spiro atoms. The summed E-state index contributed by atoms with van der Waals surface area (Å²) in [7, 11) is 0. The van der Waals surface area contributed by atoms with Gasteiger partial charge in [-0.3, -0.25) is 4.79 Å². The first-order chi connectivity index (χ1) is 8.96. The SMILES string of the molecule is CC(C)(C)NCC(=O)c1ccc2c(c1)OCCCO2. The van der Waals surface area contributed by atoms with Gasteiger partial charge in [-0.2, -0.15) is 0 Å². The number of hydrogen-bond acceptors (Lipinski definition) is 4. The highest BCUT2D eigenvalue weighted by Gasteiger charge is 2.16. The van der Waals surface area contributed by atoms with Crippen LogP contribution in [0.2, 0.25) is 0 Å². The van der Waals surface area contributed by atoms with Gasteiger partial charge in [-0.05, 0) is 39.0 Å². The van der Waals surface area contributed by atoms with Crippen molar-refractivity contribution in [3.63, 3.8) is 0 Å². The summed E-state index contributed by atoms with van der Waals surface area (Å²) in [6.07, 6.45) is 0.865. The fraction of sp³-hybridized carbons (Fsp3) is 0.533. The van der Waals surface area contributed by atoms with E-state index >= 15 is 0 Å². The van der Waals surface area contributed by atoms with Gasteiger partial charge in [0.2, 0.25) is 0 Å². The zero-order valence-electron chi connectivity index (χ0n) is 11.8. The van der Waals surface area contributed by atoms with Crippen LogP contribution in [-0.2, 0) is 0 Å². The van der Waals surface area contributed by atoms with Crippen LogP contribution < -0.4 is 14.8 Å². The number of ether oxygens (including phenoxy) is 2. The molecule has 4 heteroatoms. The van der Waals surface area contributed by atoms with Crippen LogP contribution in [0.3, 0.4) is 0 Å². The van der Waals surface area contributed by atoms with Gasteiger partial charge in [0.1, 0.15) is 0 Å². The summed E-state index contributed by atoms with van der Waals surface area (Å²) in [6, 6.07) is 5.37. The first-order valence-corrected chi connectivity index (χ1v) is 6.63. The summed E-state index contributed by atoms with van der Waals surface area (Å²) in [5.74, 6) is 1.45. The number of carbonyl (C=O) groups excluding carboxylic acids is 1. The topological polar surface area (TPSA) is 47.6 Å². The molecule has 0 saturated heterocycles. The molecule has 0 atom stereocenters. The van der Waals surface area contributed by atoms with Gasteiger partial charge in [0, 0.05) is 17.5 Å². The Hall–Kier alpha value is -1.55. The number of hydrogen-bond donors (Lipinski definition) is 1. The Morgan fingerprint density at radius 2 is 1.89 bits per heavy atom. The summed E-state index contributed by atoms with van der Waals surface area (Å²) in [6.45, 7) is 7.72. The summed E-state index contributed by atoms with van der Waals surface area (Å²) >= 11 is 0. The lowest BCUT2D eigenvalue weighted by Crippen LogP contribution is -2.39. The molecule has 2 rings (SSSR count). The number of carbonyl (C=O) groups is 1. The van der Waals surface area contributed by atoms with Crippen LogP contribution in [0.15, 0.2) is 18.2 Å². The van der Waals surface area contributed by atoms with Gasteiger partial charge in [0.05, 0.1) is 19.8 Å². The van der Waals surface area contributed by atoms with Gasteiger partial charge >= 0.3 is 0 Å². The maximum Gasteiger partial charge on any atom is 0.176 e. The standard InChI is InChI=1S/C15H21NO3/c1-15(2,3)16-10-12(17)11-5-6-13-14(9-11)19-8-4-7-18-13/h5-6,9,16H,4,7-8,10H2,1-3H3.